The van der Waals surface area contributed by atoms with Crippen molar-refractivity contribution in [2.75, 3.05) is 13.1 Å². The molecule has 0 aromatic heterocycles. The van der Waals surface area contributed by atoms with Crippen LogP contribution in [0.5, 0.6) is 0 Å². The first-order valence-electron chi connectivity index (χ1n) is 7.19. The lowest BCUT2D eigenvalue weighted by atomic mass is 9.92. The number of halogens is 1. The van der Waals surface area contributed by atoms with Crippen LogP contribution in [0.4, 0.5) is 0 Å². The second kappa shape index (κ2) is 6.92. The Morgan fingerprint density at radius 1 is 1.05 bits per heavy atom. The summed E-state index contributed by atoms with van der Waals surface area (Å²) in [7, 11) is 0. The third-order valence-corrected chi connectivity index (χ3v) is 4.01. The Bertz CT molecular complexity index is 551. The normalized spacial score (nSPS) is 17.8. The highest BCUT2D eigenvalue weighted by Gasteiger charge is 2.14. The van der Waals surface area contributed by atoms with Crippen molar-refractivity contribution in [3.8, 4) is 0 Å². The van der Waals surface area contributed by atoms with E-state index in [0.717, 1.165) is 25.9 Å². The van der Waals surface area contributed by atoms with Gasteiger partial charge in [-0.1, -0.05) is 55.5 Å². The SMILES string of the molecule is C[C@@H]1CNCCc2ccc(Cc3ccccc3)cc21.Cl. The summed E-state index contributed by atoms with van der Waals surface area (Å²) in [5, 5.41) is 3.51. The van der Waals surface area contributed by atoms with Crippen molar-refractivity contribution in [3.05, 3.63) is 70.8 Å². The van der Waals surface area contributed by atoms with Gasteiger partial charge in [-0.25, -0.2) is 0 Å². The second-order valence-electron chi connectivity index (χ2n) is 5.55. The van der Waals surface area contributed by atoms with Crippen molar-refractivity contribution < 1.29 is 0 Å². The van der Waals surface area contributed by atoms with Crippen LogP contribution in [0.1, 0.15) is 35.1 Å². The lowest BCUT2D eigenvalue weighted by Crippen LogP contribution is -2.18. The van der Waals surface area contributed by atoms with Gasteiger partial charge in [-0.05, 0) is 47.6 Å². The summed E-state index contributed by atoms with van der Waals surface area (Å²) in [4.78, 5) is 0. The van der Waals surface area contributed by atoms with Gasteiger partial charge in [0.15, 0.2) is 0 Å². The van der Waals surface area contributed by atoms with Crippen molar-refractivity contribution in [2.45, 2.75) is 25.7 Å². The minimum Gasteiger partial charge on any atom is -0.316 e. The highest BCUT2D eigenvalue weighted by molar-refractivity contribution is 5.85. The van der Waals surface area contributed by atoms with E-state index in [-0.39, 0.29) is 12.4 Å². The van der Waals surface area contributed by atoms with Crippen LogP contribution in [0, 0.1) is 0 Å². The third kappa shape index (κ3) is 3.41. The van der Waals surface area contributed by atoms with E-state index in [1.165, 1.54) is 16.7 Å². The fraction of sp³-hybridized carbons (Fsp3) is 0.333. The number of nitrogens with one attached hydrogen (secondary N) is 1. The molecule has 2 heteroatoms. The van der Waals surface area contributed by atoms with Crippen LogP contribution in [-0.4, -0.2) is 13.1 Å². The Labute approximate surface area is 127 Å². The zero-order valence-electron chi connectivity index (χ0n) is 11.9. The highest BCUT2D eigenvalue weighted by Crippen LogP contribution is 2.24. The lowest BCUT2D eigenvalue weighted by Gasteiger charge is -2.14. The molecule has 1 heterocycles. The smallest absolute Gasteiger partial charge is 0.00177 e. The van der Waals surface area contributed by atoms with Gasteiger partial charge in [-0.3, -0.25) is 0 Å². The Hall–Kier alpha value is -1.31. The molecule has 0 saturated heterocycles. The van der Waals surface area contributed by atoms with E-state index < -0.39 is 0 Å². The maximum atomic E-state index is 3.51. The molecule has 2 aromatic rings. The molecule has 1 N–H and O–H groups in total. The summed E-state index contributed by atoms with van der Waals surface area (Å²) < 4.78 is 0. The first kappa shape index (κ1) is 15.1. The molecular formula is C18H22ClN. The predicted molar refractivity (Wildman–Crippen MR) is 87.9 cm³/mol. The number of hydrogen-bond acceptors (Lipinski definition) is 1. The number of fused-ring (bicyclic) bond motifs is 1. The fourth-order valence-electron chi connectivity index (χ4n) is 2.92. The van der Waals surface area contributed by atoms with E-state index in [4.69, 9.17) is 0 Å². The number of hydrogen-bond donors (Lipinski definition) is 1. The molecule has 3 rings (SSSR count). The maximum Gasteiger partial charge on any atom is 0.00177 e. The van der Waals surface area contributed by atoms with Crippen molar-refractivity contribution in [1.29, 1.82) is 0 Å². The Morgan fingerprint density at radius 2 is 1.85 bits per heavy atom. The molecule has 0 aliphatic carbocycles. The monoisotopic (exact) mass is 287 g/mol. The molecule has 0 amide bonds. The van der Waals surface area contributed by atoms with E-state index in [1.54, 1.807) is 5.56 Å². The topological polar surface area (TPSA) is 12.0 Å². The molecule has 1 atom stereocenters. The molecule has 2 aromatic carbocycles. The summed E-state index contributed by atoms with van der Waals surface area (Å²) in [6.07, 6.45) is 2.19. The maximum absolute atomic E-state index is 3.51. The third-order valence-electron chi connectivity index (χ3n) is 4.01. The fourth-order valence-corrected chi connectivity index (χ4v) is 2.92. The van der Waals surface area contributed by atoms with Gasteiger partial charge in [-0.15, -0.1) is 12.4 Å². The molecule has 1 aliphatic rings. The largest absolute Gasteiger partial charge is 0.316 e. The Balaban J connectivity index is 0.00000147. The van der Waals surface area contributed by atoms with Gasteiger partial charge in [0.25, 0.3) is 0 Å². The summed E-state index contributed by atoms with van der Waals surface area (Å²) in [6, 6.07) is 17.8. The Kier molecular flexibility index (Phi) is 5.22. The van der Waals surface area contributed by atoms with Crippen molar-refractivity contribution in [3.63, 3.8) is 0 Å². The van der Waals surface area contributed by atoms with Gasteiger partial charge >= 0.3 is 0 Å². The second-order valence-corrected chi connectivity index (χ2v) is 5.55. The molecule has 1 aliphatic heterocycles. The van der Waals surface area contributed by atoms with Gasteiger partial charge in [0, 0.05) is 6.54 Å². The van der Waals surface area contributed by atoms with Crippen molar-refractivity contribution in [1.82, 2.24) is 5.32 Å². The molecule has 1 nitrogen and oxygen atoms in total. The van der Waals surface area contributed by atoms with Crippen molar-refractivity contribution in [2.24, 2.45) is 0 Å². The van der Waals surface area contributed by atoms with Gasteiger partial charge in [0.05, 0.1) is 0 Å². The zero-order valence-corrected chi connectivity index (χ0v) is 12.7. The van der Waals surface area contributed by atoms with Crippen LogP contribution >= 0.6 is 12.4 Å². The average molecular weight is 288 g/mol. The summed E-state index contributed by atoms with van der Waals surface area (Å²) in [6.45, 7) is 4.53. The molecule has 0 fully saturated rings. The summed E-state index contributed by atoms with van der Waals surface area (Å²) >= 11 is 0. The van der Waals surface area contributed by atoms with Crippen LogP contribution in [0.25, 0.3) is 0 Å². The van der Waals surface area contributed by atoms with Gasteiger partial charge in [0.1, 0.15) is 0 Å². The average Bonchev–Trinajstić information content (AvgIpc) is 2.62. The standard InChI is InChI=1S/C18H21N.ClH/c1-14-13-19-10-9-17-8-7-16(12-18(14)17)11-15-5-3-2-4-6-15;/h2-8,12,14,19H,9-11,13H2,1H3;1H/t14-;/m1./s1. The molecule has 20 heavy (non-hydrogen) atoms. The number of benzene rings is 2. The summed E-state index contributed by atoms with van der Waals surface area (Å²) in [5.41, 5.74) is 5.88. The molecule has 0 spiro atoms. The first-order chi connectivity index (χ1) is 9.33. The van der Waals surface area contributed by atoms with Gasteiger partial charge < -0.3 is 5.32 Å². The van der Waals surface area contributed by atoms with Crippen LogP contribution in [-0.2, 0) is 12.8 Å². The minimum atomic E-state index is 0. The lowest BCUT2D eigenvalue weighted by molar-refractivity contribution is 0.644. The molecule has 0 saturated carbocycles. The number of rotatable bonds is 2. The van der Waals surface area contributed by atoms with Gasteiger partial charge in [-0.2, -0.15) is 0 Å². The van der Waals surface area contributed by atoms with Crippen LogP contribution < -0.4 is 5.32 Å². The molecule has 106 valence electrons. The first-order valence-corrected chi connectivity index (χ1v) is 7.19. The van der Waals surface area contributed by atoms with Crippen LogP contribution in [0.2, 0.25) is 0 Å². The zero-order chi connectivity index (χ0) is 13.1. The van der Waals surface area contributed by atoms with E-state index >= 15 is 0 Å². The van der Waals surface area contributed by atoms with E-state index in [1.807, 2.05) is 0 Å². The van der Waals surface area contributed by atoms with E-state index in [0.29, 0.717) is 5.92 Å². The quantitative estimate of drug-likeness (QED) is 0.882. The minimum absolute atomic E-state index is 0. The predicted octanol–water partition coefficient (Wildman–Crippen LogP) is 3.95. The molecule has 0 unspecified atom stereocenters. The highest BCUT2D eigenvalue weighted by atomic mass is 35.5. The molecule has 0 bridgehead atoms. The van der Waals surface area contributed by atoms with Gasteiger partial charge in [0.2, 0.25) is 0 Å². The van der Waals surface area contributed by atoms with Crippen LogP contribution in [0.15, 0.2) is 48.5 Å². The molecule has 0 radical (unpaired) electrons. The van der Waals surface area contributed by atoms with Crippen LogP contribution in [0.3, 0.4) is 0 Å². The van der Waals surface area contributed by atoms with E-state index in [9.17, 15) is 0 Å². The molecular weight excluding hydrogens is 266 g/mol. The Morgan fingerprint density at radius 3 is 2.65 bits per heavy atom. The van der Waals surface area contributed by atoms with E-state index in [2.05, 4.69) is 60.8 Å². The summed E-state index contributed by atoms with van der Waals surface area (Å²) in [5.74, 6) is 0.619. The van der Waals surface area contributed by atoms with Crippen molar-refractivity contribution >= 4 is 12.4 Å².